The largest absolute Gasteiger partial charge is 0.372 e. The Kier molecular flexibility index (Phi) is 7.34. The number of hydrogen-bond acceptors (Lipinski definition) is 4. The van der Waals surface area contributed by atoms with E-state index in [1.54, 1.807) is 0 Å². The molecule has 0 radical (unpaired) electrons. The quantitative estimate of drug-likeness (QED) is 0.686. The molecule has 2 saturated heterocycles. The first-order valence-electron chi connectivity index (χ1n) is 11.8. The van der Waals surface area contributed by atoms with Crippen molar-refractivity contribution in [1.82, 2.24) is 9.62 Å². The van der Waals surface area contributed by atoms with Crippen LogP contribution in [-0.2, 0) is 14.8 Å². The first-order valence-corrected chi connectivity index (χ1v) is 13.2. The Labute approximate surface area is 195 Å². The molecule has 0 bridgehead atoms. The van der Waals surface area contributed by atoms with Crippen LogP contribution in [0.4, 0.5) is 10.1 Å². The van der Waals surface area contributed by atoms with Crippen molar-refractivity contribution in [1.29, 1.82) is 0 Å². The van der Waals surface area contributed by atoms with E-state index in [1.165, 1.54) is 41.4 Å². The number of carbonyl (C=O) groups excluding carboxylic acids is 1. The van der Waals surface area contributed by atoms with Crippen molar-refractivity contribution in [2.45, 2.75) is 50.0 Å². The summed E-state index contributed by atoms with van der Waals surface area (Å²) in [7, 11) is -3.68. The van der Waals surface area contributed by atoms with Gasteiger partial charge in [0.25, 0.3) is 0 Å². The van der Waals surface area contributed by atoms with Crippen LogP contribution < -0.4 is 10.2 Å². The smallest absolute Gasteiger partial charge is 0.243 e. The Bertz CT molecular complexity index is 1040. The molecule has 0 aliphatic carbocycles. The Balaban J connectivity index is 1.30. The second kappa shape index (κ2) is 10.2. The van der Waals surface area contributed by atoms with Crippen LogP contribution in [-0.4, -0.2) is 44.8 Å². The number of amides is 1. The Morgan fingerprint density at radius 2 is 1.55 bits per heavy atom. The highest BCUT2D eigenvalue weighted by atomic mass is 32.2. The number of nitrogens with one attached hydrogen (secondary N) is 1. The molecule has 0 saturated carbocycles. The van der Waals surface area contributed by atoms with E-state index in [9.17, 15) is 17.6 Å². The molecule has 0 aromatic heterocycles. The summed E-state index contributed by atoms with van der Waals surface area (Å²) in [5.41, 5.74) is 2.28. The minimum Gasteiger partial charge on any atom is -0.372 e. The van der Waals surface area contributed by atoms with Gasteiger partial charge < -0.3 is 10.2 Å². The second-order valence-corrected chi connectivity index (χ2v) is 10.9. The summed E-state index contributed by atoms with van der Waals surface area (Å²) in [5, 5.41) is 3.09. The van der Waals surface area contributed by atoms with Crippen LogP contribution in [0.15, 0.2) is 53.4 Å². The van der Waals surface area contributed by atoms with Crippen LogP contribution in [0.3, 0.4) is 0 Å². The van der Waals surface area contributed by atoms with Gasteiger partial charge in [-0.3, -0.25) is 4.79 Å². The highest BCUT2D eigenvalue weighted by molar-refractivity contribution is 7.89. The van der Waals surface area contributed by atoms with Crippen molar-refractivity contribution in [2.24, 2.45) is 5.92 Å². The maximum atomic E-state index is 13.1. The van der Waals surface area contributed by atoms with E-state index in [1.807, 2.05) is 6.92 Å². The third kappa shape index (κ3) is 5.55. The molecular weight excluding hydrogens is 441 g/mol. The summed E-state index contributed by atoms with van der Waals surface area (Å²) in [6.45, 7) is 4.72. The lowest BCUT2D eigenvalue weighted by Gasteiger charge is -2.31. The summed E-state index contributed by atoms with van der Waals surface area (Å²) < 4.78 is 40.1. The lowest BCUT2D eigenvalue weighted by Crippen LogP contribution is -2.43. The molecule has 1 N–H and O–H groups in total. The topological polar surface area (TPSA) is 69.7 Å². The Morgan fingerprint density at radius 1 is 0.939 bits per heavy atom. The number of halogens is 1. The van der Waals surface area contributed by atoms with Crippen LogP contribution in [0.25, 0.3) is 0 Å². The van der Waals surface area contributed by atoms with Gasteiger partial charge in [-0.15, -0.1) is 0 Å². The Morgan fingerprint density at radius 3 is 2.15 bits per heavy atom. The highest BCUT2D eigenvalue weighted by Gasteiger charge is 2.32. The molecule has 2 fully saturated rings. The molecule has 4 rings (SSSR count). The van der Waals surface area contributed by atoms with Gasteiger partial charge in [0.05, 0.1) is 10.9 Å². The average molecular weight is 474 g/mol. The van der Waals surface area contributed by atoms with Gasteiger partial charge in [0.2, 0.25) is 15.9 Å². The van der Waals surface area contributed by atoms with Crippen molar-refractivity contribution < 1.29 is 17.6 Å². The van der Waals surface area contributed by atoms with E-state index in [4.69, 9.17) is 0 Å². The minimum absolute atomic E-state index is 0.0403. The van der Waals surface area contributed by atoms with Gasteiger partial charge in [-0.05, 0) is 81.0 Å². The molecule has 2 heterocycles. The zero-order valence-electron chi connectivity index (χ0n) is 19.0. The number of rotatable bonds is 6. The van der Waals surface area contributed by atoms with Crippen LogP contribution in [0, 0.1) is 11.7 Å². The van der Waals surface area contributed by atoms with Gasteiger partial charge in [-0.2, -0.15) is 4.31 Å². The molecule has 1 amide bonds. The van der Waals surface area contributed by atoms with Gasteiger partial charge in [0.1, 0.15) is 5.82 Å². The number of anilines is 1. The maximum absolute atomic E-state index is 13.1. The number of piperidine rings is 2. The number of hydrogen-bond donors (Lipinski definition) is 1. The van der Waals surface area contributed by atoms with E-state index in [2.05, 4.69) is 34.5 Å². The van der Waals surface area contributed by atoms with E-state index in [0.717, 1.165) is 30.8 Å². The van der Waals surface area contributed by atoms with E-state index in [-0.39, 0.29) is 35.9 Å². The molecule has 0 spiro atoms. The van der Waals surface area contributed by atoms with Crippen LogP contribution in [0.1, 0.15) is 50.6 Å². The molecule has 2 aromatic carbocycles. The number of benzene rings is 2. The van der Waals surface area contributed by atoms with Gasteiger partial charge in [0.15, 0.2) is 0 Å². The van der Waals surface area contributed by atoms with E-state index in [0.29, 0.717) is 12.8 Å². The zero-order chi connectivity index (χ0) is 23.4. The van der Waals surface area contributed by atoms with Crippen molar-refractivity contribution in [3.05, 3.63) is 59.9 Å². The SMILES string of the molecule is C[C@@H](NC(=O)C1CCN(S(=O)(=O)c2ccc(F)cc2)CC1)c1ccc(N2CCCCC2)cc1. The third-order valence-corrected chi connectivity index (χ3v) is 8.66. The highest BCUT2D eigenvalue weighted by Crippen LogP contribution is 2.26. The third-order valence-electron chi connectivity index (χ3n) is 6.75. The van der Waals surface area contributed by atoms with E-state index >= 15 is 0 Å². The standard InChI is InChI=1S/C25H32FN3O3S/c1-19(20-5-9-23(10-6-20)28-15-3-2-4-16-28)27-25(30)21-13-17-29(18-14-21)33(31,32)24-11-7-22(26)8-12-24/h5-12,19,21H,2-4,13-18H2,1H3,(H,27,30)/t19-/m1/s1. The Hall–Kier alpha value is -2.45. The molecule has 2 aliphatic heterocycles. The van der Waals surface area contributed by atoms with Crippen LogP contribution in [0.5, 0.6) is 0 Å². The molecule has 33 heavy (non-hydrogen) atoms. The molecule has 178 valence electrons. The van der Waals surface area contributed by atoms with Gasteiger partial charge >= 0.3 is 0 Å². The van der Waals surface area contributed by atoms with E-state index < -0.39 is 15.8 Å². The number of sulfonamides is 1. The fourth-order valence-corrected chi connectivity index (χ4v) is 6.12. The summed E-state index contributed by atoms with van der Waals surface area (Å²) >= 11 is 0. The van der Waals surface area contributed by atoms with Crippen molar-refractivity contribution >= 4 is 21.6 Å². The average Bonchev–Trinajstić information content (AvgIpc) is 2.85. The molecule has 0 unspecified atom stereocenters. The zero-order valence-corrected chi connectivity index (χ0v) is 19.9. The molecule has 1 atom stereocenters. The van der Waals surface area contributed by atoms with Crippen molar-refractivity contribution in [3.8, 4) is 0 Å². The van der Waals surface area contributed by atoms with Crippen molar-refractivity contribution in [3.63, 3.8) is 0 Å². The first kappa shape index (κ1) is 23.7. The first-order chi connectivity index (χ1) is 15.8. The summed E-state index contributed by atoms with van der Waals surface area (Å²) in [4.78, 5) is 15.3. The molecule has 2 aromatic rings. The maximum Gasteiger partial charge on any atom is 0.243 e. The lowest BCUT2D eigenvalue weighted by atomic mass is 9.96. The van der Waals surface area contributed by atoms with Gasteiger partial charge in [0, 0.05) is 37.8 Å². The van der Waals surface area contributed by atoms with Crippen LogP contribution >= 0.6 is 0 Å². The number of nitrogens with zero attached hydrogens (tertiary/aromatic N) is 2. The van der Waals surface area contributed by atoms with Crippen LogP contribution in [0.2, 0.25) is 0 Å². The molecule has 8 heteroatoms. The fraction of sp³-hybridized carbons (Fsp3) is 0.480. The lowest BCUT2D eigenvalue weighted by molar-refractivity contribution is -0.126. The van der Waals surface area contributed by atoms with Crippen molar-refractivity contribution in [2.75, 3.05) is 31.1 Å². The minimum atomic E-state index is -3.68. The fourth-order valence-electron chi connectivity index (χ4n) is 4.65. The summed E-state index contributed by atoms with van der Waals surface area (Å²) in [6, 6.07) is 13.1. The van der Waals surface area contributed by atoms with Gasteiger partial charge in [-0.25, -0.2) is 12.8 Å². The second-order valence-electron chi connectivity index (χ2n) is 9.00. The van der Waals surface area contributed by atoms with Gasteiger partial charge in [-0.1, -0.05) is 12.1 Å². The number of carbonyl (C=O) groups is 1. The normalized spacial score (nSPS) is 19.3. The summed E-state index contributed by atoms with van der Waals surface area (Å²) in [6.07, 6.45) is 4.70. The molecule has 6 nitrogen and oxygen atoms in total. The monoisotopic (exact) mass is 473 g/mol. The predicted molar refractivity (Wildman–Crippen MR) is 127 cm³/mol. The molecule has 2 aliphatic rings. The summed E-state index contributed by atoms with van der Waals surface area (Å²) in [5.74, 6) is -0.735. The molecular formula is C25H32FN3O3S. The predicted octanol–water partition coefficient (Wildman–Crippen LogP) is 4.09.